The molecule has 0 amide bonds. The van der Waals surface area contributed by atoms with Gasteiger partial charge in [0.25, 0.3) is 0 Å². The molecule has 1 aromatic carbocycles. The van der Waals surface area contributed by atoms with Gasteiger partial charge in [-0.1, -0.05) is 18.2 Å². The second-order valence-electron chi connectivity index (χ2n) is 4.12. The molecule has 1 atom stereocenters. The Morgan fingerprint density at radius 1 is 1.18 bits per heavy atom. The summed E-state index contributed by atoms with van der Waals surface area (Å²) in [4.78, 5) is 1.16. The van der Waals surface area contributed by atoms with Crippen LogP contribution in [-0.2, 0) is 0 Å². The lowest BCUT2D eigenvalue weighted by molar-refractivity contribution is 0.242. The minimum atomic E-state index is -0.0919. The van der Waals surface area contributed by atoms with E-state index in [9.17, 15) is 0 Å². The fourth-order valence-corrected chi connectivity index (χ4v) is 2.71. The van der Waals surface area contributed by atoms with Crippen LogP contribution in [0.3, 0.4) is 0 Å². The normalized spacial score (nSPS) is 12.7. The first-order valence-corrected chi connectivity index (χ1v) is 6.92. The Morgan fingerprint density at radius 3 is 2.65 bits per heavy atom. The van der Waals surface area contributed by atoms with Crippen molar-refractivity contribution in [1.29, 1.82) is 0 Å². The summed E-state index contributed by atoms with van der Waals surface area (Å²) in [6.45, 7) is 4.04. The molecule has 0 radical (unpaired) electrons. The molecule has 0 aliphatic heterocycles. The first-order valence-electron chi connectivity index (χ1n) is 5.61. The zero-order valence-electron chi connectivity index (χ0n) is 9.89. The number of hydrogen-bond acceptors (Lipinski definition) is 2. The van der Waals surface area contributed by atoms with Crippen LogP contribution >= 0.6 is 22.9 Å². The Hall–Kier alpha value is -0.990. The smallest absolute Gasteiger partial charge is 0.120 e. The van der Waals surface area contributed by atoms with E-state index in [1.807, 2.05) is 49.6 Å². The molecule has 0 spiro atoms. The SMILES string of the molecule is CC(C)Oc1cccc(C(Cl)c2cccs2)c1. The third kappa shape index (κ3) is 3.24. The van der Waals surface area contributed by atoms with Crippen LogP contribution in [0.15, 0.2) is 41.8 Å². The molecule has 0 bridgehead atoms. The molecule has 3 heteroatoms. The van der Waals surface area contributed by atoms with Gasteiger partial charge in [-0.2, -0.15) is 0 Å². The molecule has 1 nitrogen and oxygen atoms in total. The summed E-state index contributed by atoms with van der Waals surface area (Å²) >= 11 is 8.11. The van der Waals surface area contributed by atoms with Crippen LogP contribution in [0.4, 0.5) is 0 Å². The van der Waals surface area contributed by atoms with Gasteiger partial charge in [-0.25, -0.2) is 0 Å². The van der Waals surface area contributed by atoms with E-state index in [1.165, 1.54) is 0 Å². The van der Waals surface area contributed by atoms with Crippen LogP contribution in [0.5, 0.6) is 5.75 Å². The summed E-state index contributed by atoms with van der Waals surface area (Å²) in [5.74, 6) is 0.875. The highest BCUT2D eigenvalue weighted by Crippen LogP contribution is 2.33. The van der Waals surface area contributed by atoms with Crippen LogP contribution in [0.2, 0.25) is 0 Å². The molecule has 0 N–H and O–H groups in total. The number of halogens is 1. The maximum absolute atomic E-state index is 6.44. The fourth-order valence-electron chi connectivity index (χ4n) is 1.62. The van der Waals surface area contributed by atoms with E-state index in [0.717, 1.165) is 16.2 Å². The quantitative estimate of drug-likeness (QED) is 0.718. The lowest BCUT2D eigenvalue weighted by Gasteiger charge is -2.13. The molecule has 2 rings (SSSR count). The van der Waals surface area contributed by atoms with Crippen molar-refractivity contribution in [3.05, 3.63) is 52.2 Å². The molecule has 0 aliphatic rings. The van der Waals surface area contributed by atoms with Crippen LogP contribution in [0.25, 0.3) is 0 Å². The van der Waals surface area contributed by atoms with E-state index < -0.39 is 0 Å². The summed E-state index contributed by atoms with van der Waals surface area (Å²) in [7, 11) is 0. The minimum Gasteiger partial charge on any atom is -0.491 e. The predicted molar refractivity (Wildman–Crippen MR) is 74.2 cm³/mol. The highest BCUT2D eigenvalue weighted by molar-refractivity contribution is 7.10. The van der Waals surface area contributed by atoms with Gasteiger partial charge < -0.3 is 4.74 Å². The molecular formula is C14H15ClOS. The first-order chi connectivity index (χ1) is 8.16. The summed E-state index contributed by atoms with van der Waals surface area (Å²) in [6, 6.07) is 12.1. The standard InChI is InChI=1S/C14H15ClOS/c1-10(2)16-12-6-3-5-11(9-12)14(15)13-7-4-8-17-13/h3-10,14H,1-2H3. The molecule has 0 fully saturated rings. The molecular weight excluding hydrogens is 252 g/mol. The number of thiophene rings is 1. The molecule has 0 saturated heterocycles. The van der Waals surface area contributed by atoms with Crippen molar-refractivity contribution >= 4 is 22.9 Å². The van der Waals surface area contributed by atoms with Crippen molar-refractivity contribution in [1.82, 2.24) is 0 Å². The average Bonchev–Trinajstić information content (AvgIpc) is 2.81. The van der Waals surface area contributed by atoms with Crippen molar-refractivity contribution in [3.63, 3.8) is 0 Å². The van der Waals surface area contributed by atoms with E-state index in [1.54, 1.807) is 11.3 Å². The summed E-state index contributed by atoms with van der Waals surface area (Å²) in [5, 5.41) is 1.95. The van der Waals surface area contributed by atoms with Gasteiger partial charge >= 0.3 is 0 Å². The summed E-state index contributed by atoms with van der Waals surface area (Å²) in [5.41, 5.74) is 1.08. The van der Waals surface area contributed by atoms with Crippen molar-refractivity contribution in [2.24, 2.45) is 0 Å². The molecule has 0 aliphatic carbocycles. The Morgan fingerprint density at radius 2 is 2.00 bits per heavy atom. The van der Waals surface area contributed by atoms with Crippen molar-refractivity contribution in [3.8, 4) is 5.75 Å². The summed E-state index contributed by atoms with van der Waals surface area (Å²) < 4.78 is 5.67. The minimum absolute atomic E-state index is 0.0919. The number of alkyl halides is 1. The predicted octanol–water partition coefficient (Wildman–Crippen LogP) is 4.86. The molecule has 2 aromatic rings. The Labute approximate surface area is 111 Å². The van der Waals surface area contributed by atoms with E-state index >= 15 is 0 Å². The zero-order chi connectivity index (χ0) is 12.3. The maximum atomic E-state index is 6.44. The zero-order valence-corrected chi connectivity index (χ0v) is 11.5. The van der Waals surface area contributed by atoms with E-state index in [-0.39, 0.29) is 11.5 Å². The molecule has 1 unspecified atom stereocenters. The van der Waals surface area contributed by atoms with E-state index in [0.29, 0.717) is 0 Å². The lowest BCUT2D eigenvalue weighted by atomic mass is 10.1. The van der Waals surface area contributed by atoms with Gasteiger partial charge in [0, 0.05) is 4.88 Å². The van der Waals surface area contributed by atoms with Gasteiger partial charge in [0.15, 0.2) is 0 Å². The van der Waals surface area contributed by atoms with Crippen molar-refractivity contribution in [2.75, 3.05) is 0 Å². The van der Waals surface area contributed by atoms with E-state index in [2.05, 4.69) is 6.07 Å². The summed E-state index contributed by atoms with van der Waals surface area (Å²) in [6.07, 6.45) is 0.181. The first kappa shape index (κ1) is 12.5. The Bertz CT molecular complexity index is 465. The molecule has 1 aromatic heterocycles. The largest absolute Gasteiger partial charge is 0.491 e. The lowest BCUT2D eigenvalue weighted by Crippen LogP contribution is -2.05. The van der Waals surface area contributed by atoms with E-state index in [4.69, 9.17) is 16.3 Å². The van der Waals surface area contributed by atoms with Gasteiger partial charge in [0.05, 0.1) is 11.5 Å². The third-order valence-electron chi connectivity index (χ3n) is 2.32. The van der Waals surface area contributed by atoms with Gasteiger partial charge in [-0.05, 0) is 43.0 Å². The van der Waals surface area contributed by atoms with Crippen molar-refractivity contribution < 1.29 is 4.74 Å². The maximum Gasteiger partial charge on any atom is 0.120 e. The highest BCUT2D eigenvalue weighted by Gasteiger charge is 2.12. The number of rotatable bonds is 4. The number of hydrogen-bond donors (Lipinski definition) is 0. The second kappa shape index (κ2) is 5.56. The monoisotopic (exact) mass is 266 g/mol. The average molecular weight is 267 g/mol. The Kier molecular flexibility index (Phi) is 4.08. The van der Waals surface area contributed by atoms with Gasteiger partial charge in [-0.15, -0.1) is 22.9 Å². The highest BCUT2D eigenvalue weighted by atomic mass is 35.5. The molecule has 1 heterocycles. The molecule has 90 valence electrons. The Balaban J connectivity index is 2.21. The fraction of sp³-hybridized carbons (Fsp3) is 0.286. The van der Waals surface area contributed by atoms with Crippen LogP contribution in [-0.4, -0.2) is 6.10 Å². The van der Waals surface area contributed by atoms with Crippen LogP contribution < -0.4 is 4.74 Å². The van der Waals surface area contributed by atoms with Gasteiger partial charge in [-0.3, -0.25) is 0 Å². The van der Waals surface area contributed by atoms with Crippen LogP contribution in [0.1, 0.15) is 29.7 Å². The van der Waals surface area contributed by atoms with Gasteiger partial charge in [0.1, 0.15) is 5.75 Å². The van der Waals surface area contributed by atoms with Crippen LogP contribution in [0, 0.1) is 0 Å². The second-order valence-corrected chi connectivity index (χ2v) is 5.53. The number of benzene rings is 1. The third-order valence-corrected chi connectivity index (χ3v) is 3.87. The topological polar surface area (TPSA) is 9.23 Å². The number of ether oxygens (including phenoxy) is 1. The van der Waals surface area contributed by atoms with Crippen molar-refractivity contribution in [2.45, 2.75) is 25.3 Å². The molecule has 17 heavy (non-hydrogen) atoms. The van der Waals surface area contributed by atoms with Gasteiger partial charge in [0.2, 0.25) is 0 Å². The molecule has 0 saturated carbocycles.